The monoisotopic (exact) mass is 218 g/mol. The first kappa shape index (κ1) is 11.5. The molecule has 1 aromatic carbocycles. The summed E-state index contributed by atoms with van der Waals surface area (Å²) in [5, 5.41) is 3.48. The Morgan fingerprint density at radius 1 is 1.38 bits per heavy atom. The molecule has 0 aliphatic carbocycles. The lowest BCUT2D eigenvalue weighted by Crippen LogP contribution is -2.29. The van der Waals surface area contributed by atoms with E-state index in [0.29, 0.717) is 5.92 Å². The maximum Gasteiger partial charge on any atom is 0.0376 e. The van der Waals surface area contributed by atoms with Crippen LogP contribution in [-0.2, 0) is 0 Å². The molecule has 1 atom stereocenters. The summed E-state index contributed by atoms with van der Waals surface area (Å²) in [5.74, 6) is 0.703. The molecule has 88 valence electrons. The minimum Gasteiger partial charge on any atom is -0.385 e. The highest BCUT2D eigenvalue weighted by Crippen LogP contribution is 2.31. The van der Waals surface area contributed by atoms with E-state index in [1.165, 1.54) is 37.2 Å². The lowest BCUT2D eigenvalue weighted by atomic mass is 9.90. The van der Waals surface area contributed by atoms with Crippen molar-refractivity contribution in [3.63, 3.8) is 0 Å². The van der Waals surface area contributed by atoms with Gasteiger partial charge in [0, 0.05) is 24.7 Å². The van der Waals surface area contributed by atoms with Crippen molar-refractivity contribution in [2.45, 2.75) is 25.7 Å². The predicted octanol–water partition coefficient (Wildman–Crippen LogP) is 2.93. The molecule has 1 aliphatic rings. The highest BCUT2D eigenvalue weighted by atomic mass is 15.1. The Kier molecular flexibility index (Phi) is 3.83. The first-order valence-electron chi connectivity index (χ1n) is 6.32. The molecule has 0 saturated heterocycles. The molecule has 0 radical (unpaired) electrons. The number of anilines is 1. The Morgan fingerprint density at radius 3 is 3.00 bits per heavy atom. The molecule has 2 heteroatoms. The largest absolute Gasteiger partial charge is 0.385 e. The van der Waals surface area contributed by atoms with Gasteiger partial charge in [-0.05, 0) is 38.1 Å². The van der Waals surface area contributed by atoms with Gasteiger partial charge in [-0.3, -0.25) is 0 Å². The smallest absolute Gasteiger partial charge is 0.0376 e. The Hall–Kier alpha value is -1.02. The number of hydrogen-bond acceptors (Lipinski definition) is 2. The average molecular weight is 218 g/mol. The molecule has 1 N–H and O–H groups in total. The van der Waals surface area contributed by atoms with E-state index >= 15 is 0 Å². The highest BCUT2D eigenvalue weighted by molar-refractivity contribution is 5.54. The molecule has 0 spiro atoms. The van der Waals surface area contributed by atoms with Crippen molar-refractivity contribution < 1.29 is 0 Å². The van der Waals surface area contributed by atoms with Crippen molar-refractivity contribution in [3.05, 3.63) is 29.8 Å². The van der Waals surface area contributed by atoms with Gasteiger partial charge in [0.1, 0.15) is 0 Å². The van der Waals surface area contributed by atoms with Crippen LogP contribution in [0.4, 0.5) is 5.69 Å². The van der Waals surface area contributed by atoms with Gasteiger partial charge in [0.15, 0.2) is 0 Å². The molecule has 1 aromatic rings. The van der Waals surface area contributed by atoms with E-state index in [9.17, 15) is 0 Å². The van der Waals surface area contributed by atoms with Gasteiger partial charge in [-0.2, -0.15) is 0 Å². The summed E-state index contributed by atoms with van der Waals surface area (Å²) in [7, 11) is 2.23. The maximum absolute atomic E-state index is 3.48. The van der Waals surface area contributed by atoms with Crippen LogP contribution in [-0.4, -0.2) is 31.6 Å². The van der Waals surface area contributed by atoms with Gasteiger partial charge in [-0.25, -0.2) is 0 Å². The second-order valence-corrected chi connectivity index (χ2v) is 4.76. The zero-order chi connectivity index (χ0) is 11.4. The summed E-state index contributed by atoms with van der Waals surface area (Å²) in [5.41, 5.74) is 2.83. The van der Waals surface area contributed by atoms with Gasteiger partial charge in [0.05, 0.1) is 0 Å². The number of para-hydroxylation sites is 1. The van der Waals surface area contributed by atoms with Crippen LogP contribution in [0.3, 0.4) is 0 Å². The Balaban J connectivity index is 2.07. The van der Waals surface area contributed by atoms with E-state index in [0.717, 1.165) is 6.54 Å². The van der Waals surface area contributed by atoms with Gasteiger partial charge in [-0.1, -0.05) is 25.1 Å². The molecular formula is C14H22N2. The summed E-state index contributed by atoms with van der Waals surface area (Å²) >= 11 is 0. The number of hydrogen-bond donors (Lipinski definition) is 1. The van der Waals surface area contributed by atoms with Crippen LogP contribution in [0.15, 0.2) is 24.3 Å². The molecular weight excluding hydrogens is 196 g/mol. The Labute approximate surface area is 98.7 Å². The zero-order valence-electron chi connectivity index (χ0n) is 10.4. The molecule has 1 heterocycles. The van der Waals surface area contributed by atoms with Crippen LogP contribution in [0.1, 0.15) is 31.2 Å². The Morgan fingerprint density at radius 2 is 2.19 bits per heavy atom. The van der Waals surface area contributed by atoms with Crippen LogP contribution < -0.4 is 5.32 Å². The summed E-state index contributed by atoms with van der Waals surface area (Å²) < 4.78 is 0. The number of fused-ring (bicyclic) bond motifs is 1. The van der Waals surface area contributed by atoms with Crippen molar-refractivity contribution >= 4 is 5.69 Å². The van der Waals surface area contributed by atoms with Crippen molar-refractivity contribution in [2.75, 3.05) is 32.0 Å². The maximum atomic E-state index is 3.48. The molecule has 2 rings (SSSR count). The van der Waals surface area contributed by atoms with Gasteiger partial charge in [0.25, 0.3) is 0 Å². The van der Waals surface area contributed by atoms with E-state index in [4.69, 9.17) is 0 Å². The van der Waals surface area contributed by atoms with Crippen LogP contribution in [0.5, 0.6) is 0 Å². The first-order valence-corrected chi connectivity index (χ1v) is 6.32. The molecule has 0 amide bonds. The van der Waals surface area contributed by atoms with Crippen molar-refractivity contribution in [1.82, 2.24) is 4.90 Å². The van der Waals surface area contributed by atoms with Crippen LogP contribution >= 0.6 is 0 Å². The number of nitrogens with one attached hydrogen (secondary N) is 1. The lowest BCUT2D eigenvalue weighted by Gasteiger charge is -2.30. The summed E-state index contributed by atoms with van der Waals surface area (Å²) in [6.45, 7) is 5.74. The summed E-state index contributed by atoms with van der Waals surface area (Å²) in [6.07, 6.45) is 2.49. The minimum atomic E-state index is 0.703. The van der Waals surface area contributed by atoms with E-state index < -0.39 is 0 Å². The van der Waals surface area contributed by atoms with Gasteiger partial charge in [-0.15, -0.1) is 0 Å². The third-order valence-electron chi connectivity index (χ3n) is 3.35. The fraction of sp³-hybridized carbons (Fsp3) is 0.571. The van der Waals surface area contributed by atoms with E-state index in [1.54, 1.807) is 0 Å². The van der Waals surface area contributed by atoms with Crippen LogP contribution in [0.25, 0.3) is 0 Å². The summed E-state index contributed by atoms with van der Waals surface area (Å²) in [6, 6.07) is 8.73. The molecule has 0 aromatic heterocycles. The molecule has 2 nitrogen and oxygen atoms in total. The van der Waals surface area contributed by atoms with Crippen molar-refractivity contribution in [2.24, 2.45) is 0 Å². The molecule has 0 saturated carbocycles. The standard InChI is InChI=1S/C14H22N2/c1-3-10-16(2)11-12-8-9-15-14-7-5-4-6-13(12)14/h4-7,12,15H,3,8-11H2,1-2H3. The van der Waals surface area contributed by atoms with Crippen LogP contribution in [0, 0.1) is 0 Å². The predicted molar refractivity (Wildman–Crippen MR) is 70.1 cm³/mol. The fourth-order valence-corrected chi connectivity index (χ4v) is 2.59. The average Bonchev–Trinajstić information content (AvgIpc) is 2.30. The van der Waals surface area contributed by atoms with Crippen LogP contribution in [0.2, 0.25) is 0 Å². The second-order valence-electron chi connectivity index (χ2n) is 4.76. The third-order valence-corrected chi connectivity index (χ3v) is 3.35. The quantitative estimate of drug-likeness (QED) is 0.836. The van der Waals surface area contributed by atoms with Gasteiger partial charge < -0.3 is 10.2 Å². The first-order chi connectivity index (χ1) is 7.81. The van der Waals surface area contributed by atoms with Gasteiger partial charge >= 0.3 is 0 Å². The van der Waals surface area contributed by atoms with E-state index in [2.05, 4.69) is 48.5 Å². The minimum absolute atomic E-state index is 0.703. The van der Waals surface area contributed by atoms with E-state index in [-0.39, 0.29) is 0 Å². The zero-order valence-corrected chi connectivity index (χ0v) is 10.4. The summed E-state index contributed by atoms with van der Waals surface area (Å²) in [4.78, 5) is 2.45. The second kappa shape index (κ2) is 5.35. The Bertz CT molecular complexity index is 335. The lowest BCUT2D eigenvalue weighted by molar-refractivity contribution is 0.305. The molecule has 1 aliphatic heterocycles. The number of nitrogens with zero attached hydrogens (tertiary/aromatic N) is 1. The highest BCUT2D eigenvalue weighted by Gasteiger charge is 2.20. The SMILES string of the molecule is CCCN(C)CC1CCNc2ccccc21. The number of likely N-dealkylation sites (N-methyl/N-ethyl adjacent to an activating group) is 1. The number of rotatable bonds is 4. The van der Waals surface area contributed by atoms with Crippen molar-refractivity contribution in [3.8, 4) is 0 Å². The normalized spacial score (nSPS) is 19.3. The molecule has 0 bridgehead atoms. The van der Waals surface area contributed by atoms with E-state index in [1.807, 2.05) is 0 Å². The van der Waals surface area contributed by atoms with Gasteiger partial charge in [0.2, 0.25) is 0 Å². The molecule has 1 unspecified atom stereocenters. The topological polar surface area (TPSA) is 15.3 Å². The molecule has 0 fully saturated rings. The third kappa shape index (κ3) is 2.56. The van der Waals surface area contributed by atoms with Crippen molar-refractivity contribution in [1.29, 1.82) is 0 Å². The molecule has 16 heavy (non-hydrogen) atoms. The number of benzene rings is 1. The fourth-order valence-electron chi connectivity index (χ4n) is 2.59.